The lowest BCUT2D eigenvalue weighted by atomic mass is 10.1. The first-order chi connectivity index (χ1) is 12.3. The fraction of sp³-hybridized carbons (Fsp3) is 0.200. The molecule has 1 aromatic carbocycles. The summed E-state index contributed by atoms with van der Waals surface area (Å²) in [5.41, 5.74) is 3.56. The minimum Gasteiger partial charge on any atom is -0.378 e. The molecule has 5 nitrogen and oxygen atoms in total. The van der Waals surface area contributed by atoms with E-state index in [2.05, 4.69) is 9.88 Å². The highest BCUT2D eigenvalue weighted by Gasteiger charge is 2.11. The Bertz CT molecular complexity index is 906. The molecule has 2 aromatic heterocycles. The molecule has 0 unspecified atom stereocenters. The highest BCUT2D eigenvalue weighted by atomic mass is 16.5. The van der Waals surface area contributed by atoms with Crippen LogP contribution in [0.5, 0.6) is 0 Å². The van der Waals surface area contributed by atoms with Gasteiger partial charge in [-0.1, -0.05) is 6.07 Å². The molecular formula is C20H19N3O2. The average molecular weight is 333 g/mol. The second-order valence-electron chi connectivity index (χ2n) is 5.96. The third kappa shape index (κ3) is 3.32. The van der Waals surface area contributed by atoms with E-state index < -0.39 is 0 Å². The van der Waals surface area contributed by atoms with E-state index in [1.807, 2.05) is 53.1 Å². The summed E-state index contributed by atoms with van der Waals surface area (Å²) in [5.74, 6) is -0.0144. The summed E-state index contributed by atoms with van der Waals surface area (Å²) in [6.07, 6.45) is 7.10. The normalized spacial score (nSPS) is 15.1. The maximum absolute atomic E-state index is 12.4. The lowest BCUT2D eigenvalue weighted by Gasteiger charge is -2.28. The second kappa shape index (κ2) is 6.91. The molecule has 0 aliphatic carbocycles. The Morgan fingerprint density at radius 2 is 1.88 bits per heavy atom. The molecule has 0 saturated carbocycles. The van der Waals surface area contributed by atoms with Crippen molar-refractivity contribution in [2.24, 2.45) is 0 Å². The molecule has 1 saturated heterocycles. The smallest absolute Gasteiger partial charge is 0.185 e. The Labute approximate surface area is 146 Å². The van der Waals surface area contributed by atoms with Gasteiger partial charge in [-0.3, -0.25) is 4.79 Å². The van der Waals surface area contributed by atoms with Crippen molar-refractivity contribution in [2.75, 3.05) is 31.2 Å². The van der Waals surface area contributed by atoms with Gasteiger partial charge in [-0.25, -0.2) is 4.98 Å². The van der Waals surface area contributed by atoms with Gasteiger partial charge < -0.3 is 14.0 Å². The van der Waals surface area contributed by atoms with Gasteiger partial charge in [0.15, 0.2) is 5.78 Å². The monoisotopic (exact) mass is 333 g/mol. The Morgan fingerprint density at radius 3 is 2.68 bits per heavy atom. The maximum atomic E-state index is 12.4. The third-order valence-electron chi connectivity index (χ3n) is 4.38. The van der Waals surface area contributed by atoms with Crippen molar-refractivity contribution < 1.29 is 9.53 Å². The van der Waals surface area contributed by atoms with Crippen molar-refractivity contribution in [2.45, 2.75) is 0 Å². The number of carbonyl (C=O) groups excluding carboxylic acids is 1. The quantitative estimate of drug-likeness (QED) is 0.544. The summed E-state index contributed by atoms with van der Waals surface area (Å²) in [5, 5.41) is 0. The number of pyridine rings is 1. The molecule has 3 heterocycles. The maximum Gasteiger partial charge on any atom is 0.185 e. The lowest BCUT2D eigenvalue weighted by Crippen LogP contribution is -2.36. The lowest BCUT2D eigenvalue weighted by molar-refractivity contribution is 0.104. The summed E-state index contributed by atoms with van der Waals surface area (Å²) in [7, 11) is 0. The van der Waals surface area contributed by atoms with Gasteiger partial charge in [0.1, 0.15) is 5.65 Å². The number of hydrogen-bond acceptors (Lipinski definition) is 4. The van der Waals surface area contributed by atoms with Gasteiger partial charge in [0.25, 0.3) is 0 Å². The van der Waals surface area contributed by atoms with Crippen LogP contribution < -0.4 is 4.90 Å². The van der Waals surface area contributed by atoms with Crippen molar-refractivity contribution in [3.05, 3.63) is 72.2 Å². The van der Waals surface area contributed by atoms with E-state index in [9.17, 15) is 4.79 Å². The van der Waals surface area contributed by atoms with E-state index in [0.29, 0.717) is 5.56 Å². The number of ketones is 1. The van der Waals surface area contributed by atoms with Crippen molar-refractivity contribution in [3.8, 4) is 0 Å². The van der Waals surface area contributed by atoms with Gasteiger partial charge >= 0.3 is 0 Å². The second-order valence-corrected chi connectivity index (χ2v) is 5.96. The molecule has 0 amide bonds. The first-order valence-electron chi connectivity index (χ1n) is 8.38. The Kier molecular flexibility index (Phi) is 4.31. The van der Waals surface area contributed by atoms with Crippen LogP contribution in [0.2, 0.25) is 0 Å². The van der Waals surface area contributed by atoms with Crippen LogP contribution in [0.3, 0.4) is 0 Å². The van der Waals surface area contributed by atoms with Gasteiger partial charge in [-0.2, -0.15) is 0 Å². The number of morpholine rings is 1. The summed E-state index contributed by atoms with van der Waals surface area (Å²) >= 11 is 0. The summed E-state index contributed by atoms with van der Waals surface area (Å²) in [4.78, 5) is 19.0. The number of benzene rings is 1. The van der Waals surface area contributed by atoms with Crippen LogP contribution in [0.1, 0.15) is 16.1 Å². The molecule has 3 aromatic rings. The summed E-state index contributed by atoms with van der Waals surface area (Å²) < 4.78 is 7.32. The minimum atomic E-state index is -0.0144. The van der Waals surface area contributed by atoms with Crippen molar-refractivity contribution >= 4 is 23.2 Å². The molecule has 0 spiro atoms. The number of anilines is 1. The molecule has 4 rings (SSSR count). The Hall–Kier alpha value is -2.92. The van der Waals surface area contributed by atoms with E-state index in [1.165, 1.54) is 0 Å². The molecule has 25 heavy (non-hydrogen) atoms. The number of nitrogens with zero attached hydrogens (tertiary/aromatic N) is 3. The van der Waals surface area contributed by atoms with Crippen LogP contribution in [-0.4, -0.2) is 41.5 Å². The van der Waals surface area contributed by atoms with Gasteiger partial charge in [-0.15, -0.1) is 0 Å². The molecule has 1 aliphatic heterocycles. The van der Waals surface area contributed by atoms with Crippen LogP contribution in [0.25, 0.3) is 11.7 Å². The zero-order valence-electron chi connectivity index (χ0n) is 13.8. The van der Waals surface area contributed by atoms with Crippen molar-refractivity contribution in [3.63, 3.8) is 0 Å². The zero-order chi connectivity index (χ0) is 17.1. The standard InChI is InChI=1S/C20H19N3O2/c24-19(9-8-18-15-21-20-3-1-2-10-23(18)20)16-4-6-17(7-5-16)22-11-13-25-14-12-22/h1-10,15H,11-14H2/b9-8-. The highest BCUT2D eigenvalue weighted by molar-refractivity contribution is 6.06. The number of aromatic nitrogens is 2. The van der Waals surface area contributed by atoms with Gasteiger partial charge in [0.2, 0.25) is 0 Å². The van der Waals surface area contributed by atoms with E-state index >= 15 is 0 Å². The average Bonchev–Trinajstić information content (AvgIpc) is 3.10. The van der Waals surface area contributed by atoms with Gasteiger partial charge in [0, 0.05) is 30.5 Å². The molecular weight excluding hydrogens is 314 g/mol. The van der Waals surface area contributed by atoms with Crippen LogP contribution in [-0.2, 0) is 4.74 Å². The predicted octanol–water partition coefficient (Wildman–Crippen LogP) is 3.07. The van der Waals surface area contributed by atoms with Crippen molar-refractivity contribution in [1.29, 1.82) is 0 Å². The van der Waals surface area contributed by atoms with Crippen LogP contribution in [0.4, 0.5) is 5.69 Å². The minimum absolute atomic E-state index is 0.0144. The molecule has 0 radical (unpaired) electrons. The van der Waals surface area contributed by atoms with Gasteiger partial charge in [0.05, 0.1) is 25.1 Å². The summed E-state index contributed by atoms with van der Waals surface area (Å²) in [6, 6.07) is 13.6. The SMILES string of the molecule is O=C(/C=C\c1cnc2ccccn12)c1ccc(N2CCOCC2)cc1. The number of allylic oxidation sites excluding steroid dienone is 1. The highest BCUT2D eigenvalue weighted by Crippen LogP contribution is 2.17. The predicted molar refractivity (Wildman–Crippen MR) is 98.0 cm³/mol. The summed E-state index contributed by atoms with van der Waals surface area (Å²) in [6.45, 7) is 3.29. The molecule has 0 atom stereocenters. The molecule has 1 aliphatic rings. The Morgan fingerprint density at radius 1 is 1.08 bits per heavy atom. The number of rotatable bonds is 4. The first kappa shape index (κ1) is 15.6. The van der Waals surface area contributed by atoms with E-state index in [4.69, 9.17) is 4.74 Å². The molecule has 0 bridgehead atoms. The zero-order valence-corrected chi connectivity index (χ0v) is 13.8. The Balaban J connectivity index is 1.49. The number of imidazole rings is 1. The van der Waals surface area contributed by atoms with Crippen LogP contribution >= 0.6 is 0 Å². The van der Waals surface area contributed by atoms with Gasteiger partial charge in [-0.05, 0) is 48.6 Å². The topological polar surface area (TPSA) is 46.8 Å². The van der Waals surface area contributed by atoms with E-state index in [0.717, 1.165) is 43.3 Å². The third-order valence-corrected chi connectivity index (χ3v) is 4.38. The fourth-order valence-corrected chi connectivity index (χ4v) is 2.99. The van der Waals surface area contributed by atoms with Crippen molar-refractivity contribution in [1.82, 2.24) is 9.38 Å². The first-order valence-corrected chi connectivity index (χ1v) is 8.38. The van der Waals surface area contributed by atoms with Crippen LogP contribution in [0.15, 0.2) is 60.9 Å². The molecule has 126 valence electrons. The number of carbonyl (C=O) groups is 1. The van der Waals surface area contributed by atoms with E-state index in [1.54, 1.807) is 18.3 Å². The van der Waals surface area contributed by atoms with Crippen LogP contribution in [0, 0.1) is 0 Å². The molecule has 5 heteroatoms. The largest absolute Gasteiger partial charge is 0.378 e. The number of fused-ring (bicyclic) bond motifs is 1. The van der Waals surface area contributed by atoms with E-state index in [-0.39, 0.29) is 5.78 Å². The molecule has 0 N–H and O–H groups in total. The fourth-order valence-electron chi connectivity index (χ4n) is 2.99. The molecule has 1 fully saturated rings. The number of hydrogen-bond donors (Lipinski definition) is 0. The number of ether oxygens (including phenoxy) is 1.